The molecule has 6 nitrogen and oxygen atoms in total. The van der Waals surface area contributed by atoms with E-state index in [0.717, 1.165) is 41.0 Å². The Labute approximate surface area is 185 Å². The van der Waals surface area contributed by atoms with Crippen LogP contribution in [0.3, 0.4) is 0 Å². The number of aryl methyl sites for hydroxylation is 1. The van der Waals surface area contributed by atoms with E-state index >= 15 is 0 Å². The fourth-order valence-electron chi connectivity index (χ4n) is 4.35. The van der Waals surface area contributed by atoms with Crippen molar-refractivity contribution < 1.29 is 9.21 Å². The number of imidazole rings is 1. The minimum Gasteiger partial charge on any atom is -0.443 e. The van der Waals surface area contributed by atoms with E-state index in [1.807, 2.05) is 64.9 Å². The van der Waals surface area contributed by atoms with Gasteiger partial charge in [0.15, 0.2) is 0 Å². The SMILES string of the molecule is Cc1nc2ccccc2n1CC(=O)N1CCC[C@@H]1c1ncc(Cc2cccc(Cl)c2)o1. The number of amides is 1. The molecule has 0 spiro atoms. The quantitative estimate of drug-likeness (QED) is 0.446. The number of nitrogens with zero attached hydrogens (tertiary/aromatic N) is 4. The molecule has 2 aromatic heterocycles. The molecule has 0 bridgehead atoms. The van der Waals surface area contributed by atoms with E-state index in [0.29, 0.717) is 23.9 Å². The molecule has 1 aliphatic heterocycles. The van der Waals surface area contributed by atoms with E-state index in [-0.39, 0.29) is 18.5 Å². The molecule has 0 N–H and O–H groups in total. The second-order valence-corrected chi connectivity index (χ2v) is 8.39. The first-order valence-electron chi connectivity index (χ1n) is 10.5. The Balaban J connectivity index is 1.33. The zero-order valence-corrected chi connectivity index (χ0v) is 18.0. The number of benzene rings is 2. The van der Waals surface area contributed by atoms with E-state index in [9.17, 15) is 4.79 Å². The summed E-state index contributed by atoms with van der Waals surface area (Å²) in [4.78, 5) is 24.2. The molecule has 0 unspecified atom stereocenters. The summed E-state index contributed by atoms with van der Waals surface area (Å²) >= 11 is 6.08. The van der Waals surface area contributed by atoms with Crippen LogP contribution in [-0.2, 0) is 17.8 Å². The van der Waals surface area contributed by atoms with Gasteiger partial charge in [0, 0.05) is 18.0 Å². The monoisotopic (exact) mass is 434 g/mol. The van der Waals surface area contributed by atoms with Gasteiger partial charge in [0.1, 0.15) is 24.2 Å². The smallest absolute Gasteiger partial charge is 0.243 e. The summed E-state index contributed by atoms with van der Waals surface area (Å²) in [6.45, 7) is 2.91. The highest BCUT2D eigenvalue weighted by atomic mass is 35.5. The summed E-state index contributed by atoms with van der Waals surface area (Å²) < 4.78 is 8.03. The maximum Gasteiger partial charge on any atom is 0.243 e. The molecular formula is C24H23ClN4O2. The van der Waals surface area contributed by atoms with Gasteiger partial charge in [-0.15, -0.1) is 0 Å². The van der Waals surface area contributed by atoms with Crippen LogP contribution in [0, 0.1) is 6.92 Å². The molecule has 1 fully saturated rings. The molecule has 5 rings (SSSR count). The molecule has 0 saturated carbocycles. The molecule has 0 radical (unpaired) electrons. The minimum atomic E-state index is -0.129. The summed E-state index contributed by atoms with van der Waals surface area (Å²) in [6, 6.07) is 15.5. The molecule has 7 heteroatoms. The molecule has 158 valence electrons. The van der Waals surface area contributed by atoms with Crippen LogP contribution in [0.4, 0.5) is 0 Å². The Morgan fingerprint density at radius 3 is 2.97 bits per heavy atom. The van der Waals surface area contributed by atoms with Crippen LogP contribution >= 0.6 is 11.6 Å². The lowest BCUT2D eigenvalue weighted by Crippen LogP contribution is -2.33. The van der Waals surface area contributed by atoms with E-state index in [1.165, 1.54) is 0 Å². The normalized spacial score (nSPS) is 16.3. The Morgan fingerprint density at radius 1 is 1.23 bits per heavy atom. The van der Waals surface area contributed by atoms with Crippen LogP contribution in [0.2, 0.25) is 5.02 Å². The van der Waals surface area contributed by atoms with Crippen LogP contribution in [0.1, 0.15) is 41.9 Å². The standard InChI is InChI=1S/C24H23ClN4O2/c1-16-27-20-8-2-3-9-21(20)29(16)15-23(30)28-11-5-10-22(28)24-26-14-19(31-24)13-17-6-4-7-18(25)12-17/h2-4,6-9,12,14,22H,5,10-11,13,15H2,1H3/t22-/m1/s1. The molecule has 1 aliphatic rings. The van der Waals surface area contributed by atoms with Gasteiger partial charge in [-0.1, -0.05) is 35.9 Å². The van der Waals surface area contributed by atoms with Crippen LogP contribution in [0.25, 0.3) is 11.0 Å². The Morgan fingerprint density at radius 2 is 2.10 bits per heavy atom. The van der Waals surface area contributed by atoms with Crippen molar-refractivity contribution in [1.82, 2.24) is 19.4 Å². The van der Waals surface area contributed by atoms with Crippen molar-refractivity contribution in [3.63, 3.8) is 0 Å². The van der Waals surface area contributed by atoms with Crippen molar-refractivity contribution in [2.24, 2.45) is 0 Å². The highest BCUT2D eigenvalue weighted by molar-refractivity contribution is 6.30. The van der Waals surface area contributed by atoms with E-state index < -0.39 is 0 Å². The number of carbonyl (C=O) groups excluding carboxylic acids is 1. The number of para-hydroxylation sites is 2. The molecule has 2 aromatic carbocycles. The molecule has 3 heterocycles. The van der Waals surface area contributed by atoms with Gasteiger partial charge in [0.25, 0.3) is 0 Å². The number of rotatable bonds is 5. The molecule has 1 saturated heterocycles. The number of hydrogen-bond acceptors (Lipinski definition) is 4. The van der Waals surface area contributed by atoms with Gasteiger partial charge in [-0.2, -0.15) is 0 Å². The maximum absolute atomic E-state index is 13.2. The first-order chi connectivity index (χ1) is 15.1. The van der Waals surface area contributed by atoms with Crippen molar-refractivity contribution in [2.75, 3.05) is 6.54 Å². The van der Waals surface area contributed by atoms with Crippen molar-refractivity contribution in [3.05, 3.63) is 82.8 Å². The van der Waals surface area contributed by atoms with Crippen LogP contribution in [0.15, 0.2) is 59.1 Å². The van der Waals surface area contributed by atoms with Gasteiger partial charge in [-0.3, -0.25) is 4.79 Å². The number of aromatic nitrogens is 3. The fraction of sp³-hybridized carbons (Fsp3) is 0.292. The molecular weight excluding hydrogens is 412 g/mol. The maximum atomic E-state index is 13.2. The topological polar surface area (TPSA) is 64.2 Å². The van der Waals surface area contributed by atoms with Crippen LogP contribution in [-0.4, -0.2) is 31.9 Å². The van der Waals surface area contributed by atoms with E-state index in [1.54, 1.807) is 6.20 Å². The number of hydrogen-bond donors (Lipinski definition) is 0. The summed E-state index contributed by atoms with van der Waals surface area (Å²) in [5.41, 5.74) is 2.95. The van der Waals surface area contributed by atoms with Crippen LogP contribution < -0.4 is 0 Å². The zero-order valence-electron chi connectivity index (χ0n) is 17.3. The van der Waals surface area contributed by atoms with Gasteiger partial charge in [0.05, 0.1) is 17.2 Å². The minimum absolute atomic E-state index is 0.0587. The third-order valence-electron chi connectivity index (χ3n) is 5.84. The lowest BCUT2D eigenvalue weighted by Gasteiger charge is -2.23. The van der Waals surface area contributed by atoms with Crippen molar-refractivity contribution in [3.8, 4) is 0 Å². The zero-order chi connectivity index (χ0) is 21.4. The van der Waals surface area contributed by atoms with Gasteiger partial charge >= 0.3 is 0 Å². The number of oxazole rings is 1. The summed E-state index contributed by atoms with van der Waals surface area (Å²) in [6.07, 6.45) is 4.16. The van der Waals surface area contributed by atoms with Crippen molar-refractivity contribution >= 4 is 28.5 Å². The third-order valence-corrected chi connectivity index (χ3v) is 6.07. The number of carbonyl (C=O) groups is 1. The second kappa shape index (κ2) is 8.19. The van der Waals surface area contributed by atoms with Gasteiger partial charge in [-0.25, -0.2) is 9.97 Å². The van der Waals surface area contributed by atoms with E-state index in [4.69, 9.17) is 16.0 Å². The summed E-state index contributed by atoms with van der Waals surface area (Å²) in [7, 11) is 0. The van der Waals surface area contributed by atoms with Gasteiger partial charge in [0.2, 0.25) is 11.8 Å². The summed E-state index contributed by atoms with van der Waals surface area (Å²) in [5, 5.41) is 0.701. The second-order valence-electron chi connectivity index (χ2n) is 7.95. The average Bonchev–Trinajstić information content (AvgIpc) is 3.47. The fourth-order valence-corrected chi connectivity index (χ4v) is 4.56. The molecule has 1 atom stereocenters. The molecule has 0 aliphatic carbocycles. The Bertz CT molecular complexity index is 1250. The highest BCUT2D eigenvalue weighted by Gasteiger charge is 2.33. The largest absolute Gasteiger partial charge is 0.443 e. The molecule has 31 heavy (non-hydrogen) atoms. The highest BCUT2D eigenvalue weighted by Crippen LogP contribution is 2.32. The lowest BCUT2D eigenvalue weighted by molar-refractivity contribution is -0.133. The van der Waals surface area contributed by atoms with Crippen molar-refractivity contribution in [2.45, 2.75) is 38.8 Å². The predicted octanol–water partition coefficient (Wildman–Crippen LogP) is 4.94. The predicted molar refractivity (Wildman–Crippen MR) is 119 cm³/mol. The average molecular weight is 435 g/mol. The number of halogens is 1. The van der Waals surface area contributed by atoms with E-state index in [2.05, 4.69) is 9.97 Å². The molecule has 4 aromatic rings. The van der Waals surface area contributed by atoms with Gasteiger partial charge in [-0.05, 0) is 49.6 Å². The molecule has 1 amide bonds. The van der Waals surface area contributed by atoms with Crippen molar-refractivity contribution in [1.29, 1.82) is 0 Å². The lowest BCUT2D eigenvalue weighted by atomic mass is 10.1. The number of likely N-dealkylation sites (tertiary alicyclic amines) is 1. The Hall–Kier alpha value is -3.12. The summed E-state index contributed by atoms with van der Waals surface area (Å²) in [5.74, 6) is 2.27. The number of fused-ring (bicyclic) bond motifs is 1. The Kier molecular flexibility index (Phi) is 5.24. The first-order valence-corrected chi connectivity index (χ1v) is 10.9. The third kappa shape index (κ3) is 3.95. The van der Waals surface area contributed by atoms with Gasteiger partial charge < -0.3 is 13.9 Å². The van der Waals surface area contributed by atoms with Crippen LogP contribution in [0.5, 0.6) is 0 Å². The first kappa shape index (κ1) is 19.8.